The van der Waals surface area contributed by atoms with Gasteiger partial charge in [-0.05, 0) is 62.5 Å². The Labute approximate surface area is 133 Å². The van der Waals surface area contributed by atoms with E-state index in [9.17, 15) is 0 Å². The molecule has 21 heavy (non-hydrogen) atoms. The van der Waals surface area contributed by atoms with Crippen LogP contribution in [0.25, 0.3) is 0 Å². The van der Waals surface area contributed by atoms with Gasteiger partial charge in [0.2, 0.25) is 0 Å². The highest BCUT2D eigenvalue weighted by Crippen LogP contribution is 2.37. The maximum Gasteiger partial charge on any atom is 0.0366 e. The van der Waals surface area contributed by atoms with Crippen LogP contribution in [0.3, 0.4) is 0 Å². The van der Waals surface area contributed by atoms with E-state index in [0.717, 1.165) is 13.1 Å². The SMILES string of the molecule is CC1(CNCc2ccc(N3CCCCC3)cc2)CCCS1. The van der Waals surface area contributed by atoms with Crippen molar-refractivity contribution in [3.63, 3.8) is 0 Å². The van der Waals surface area contributed by atoms with E-state index in [0.29, 0.717) is 4.75 Å². The van der Waals surface area contributed by atoms with Gasteiger partial charge in [-0.1, -0.05) is 12.1 Å². The predicted octanol–water partition coefficient (Wildman–Crippen LogP) is 4.05. The maximum absolute atomic E-state index is 3.65. The van der Waals surface area contributed by atoms with Crippen LogP contribution in [0.2, 0.25) is 0 Å². The molecular formula is C18H28N2S. The summed E-state index contributed by atoms with van der Waals surface area (Å²) in [5.41, 5.74) is 2.80. The predicted molar refractivity (Wildman–Crippen MR) is 94.3 cm³/mol. The van der Waals surface area contributed by atoms with E-state index in [4.69, 9.17) is 0 Å². The molecule has 0 aliphatic carbocycles. The molecule has 0 radical (unpaired) electrons. The number of thioether (sulfide) groups is 1. The molecule has 0 bridgehead atoms. The van der Waals surface area contributed by atoms with Gasteiger partial charge in [0.25, 0.3) is 0 Å². The monoisotopic (exact) mass is 304 g/mol. The van der Waals surface area contributed by atoms with Crippen LogP contribution in [0.15, 0.2) is 24.3 Å². The molecular weight excluding hydrogens is 276 g/mol. The summed E-state index contributed by atoms with van der Waals surface area (Å²) in [4.78, 5) is 2.52. The second kappa shape index (κ2) is 7.06. The van der Waals surface area contributed by atoms with Gasteiger partial charge in [-0.25, -0.2) is 0 Å². The third-order valence-corrected chi connectivity index (χ3v) is 6.32. The molecule has 2 aliphatic rings. The average molecular weight is 305 g/mol. The summed E-state index contributed by atoms with van der Waals surface area (Å²) in [5, 5.41) is 3.65. The highest BCUT2D eigenvalue weighted by molar-refractivity contribution is 8.00. The van der Waals surface area contributed by atoms with Crippen LogP contribution in [0.4, 0.5) is 5.69 Å². The summed E-state index contributed by atoms with van der Waals surface area (Å²) in [6, 6.07) is 9.19. The first-order valence-electron chi connectivity index (χ1n) is 8.44. The van der Waals surface area contributed by atoms with Gasteiger partial charge in [-0.3, -0.25) is 0 Å². The summed E-state index contributed by atoms with van der Waals surface area (Å²) >= 11 is 2.13. The van der Waals surface area contributed by atoms with Crippen molar-refractivity contribution >= 4 is 17.4 Å². The Bertz CT molecular complexity index is 431. The lowest BCUT2D eigenvalue weighted by molar-refractivity contribution is 0.537. The second-order valence-electron chi connectivity index (χ2n) is 6.72. The Morgan fingerprint density at radius 1 is 1.10 bits per heavy atom. The van der Waals surface area contributed by atoms with Gasteiger partial charge >= 0.3 is 0 Å². The molecule has 2 fully saturated rings. The lowest BCUT2D eigenvalue weighted by atomic mass is 10.1. The van der Waals surface area contributed by atoms with Crippen LogP contribution in [0, 0.1) is 0 Å². The summed E-state index contributed by atoms with van der Waals surface area (Å²) in [6.45, 7) is 6.99. The number of anilines is 1. The van der Waals surface area contributed by atoms with Crippen molar-refractivity contribution in [3.05, 3.63) is 29.8 Å². The fourth-order valence-corrected chi connectivity index (χ4v) is 4.70. The summed E-state index contributed by atoms with van der Waals surface area (Å²) in [5.74, 6) is 1.34. The first kappa shape index (κ1) is 15.2. The minimum Gasteiger partial charge on any atom is -0.372 e. The largest absolute Gasteiger partial charge is 0.372 e. The van der Waals surface area contributed by atoms with E-state index in [1.54, 1.807) is 0 Å². The normalized spacial score (nSPS) is 26.2. The first-order valence-corrected chi connectivity index (χ1v) is 9.42. The van der Waals surface area contributed by atoms with Crippen LogP contribution in [-0.2, 0) is 6.54 Å². The van der Waals surface area contributed by atoms with Crippen LogP contribution in [0.1, 0.15) is 44.6 Å². The number of hydrogen-bond donors (Lipinski definition) is 1. The van der Waals surface area contributed by atoms with E-state index in [1.165, 1.54) is 62.2 Å². The minimum absolute atomic E-state index is 0.466. The molecule has 0 amide bonds. The molecule has 0 aromatic heterocycles. The van der Waals surface area contributed by atoms with Gasteiger partial charge in [0.15, 0.2) is 0 Å². The Balaban J connectivity index is 1.47. The Morgan fingerprint density at radius 2 is 1.86 bits per heavy atom. The van der Waals surface area contributed by atoms with Gasteiger partial charge in [0.1, 0.15) is 0 Å². The topological polar surface area (TPSA) is 15.3 Å². The molecule has 1 aromatic carbocycles. The Kier molecular flexibility index (Phi) is 5.12. The lowest BCUT2D eigenvalue weighted by Crippen LogP contribution is -2.32. The Morgan fingerprint density at radius 3 is 2.52 bits per heavy atom. The van der Waals surface area contributed by atoms with Gasteiger partial charge in [0, 0.05) is 36.6 Å². The molecule has 1 N–H and O–H groups in total. The van der Waals surface area contributed by atoms with E-state index in [2.05, 4.69) is 53.2 Å². The van der Waals surface area contributed by atoms with Crippen molar-refractivity contribution in [3.8, 4) is 0 Å². The van der Waals surface area contributed by atoms with Crippen LogP contribution < -0.4 is 10.2 Å². The van der Waals surface area contributed by atoms with Crippen molar-refractivity contribution in [2.24, 2.45) is 0 Å². The zero-order valence-electron chi connectivity index (χ0n) is 13.2. The highest BCUT2D eigenvalue weighted by atomic mass is 32.2. The quantitative estimate of drug-likeness (QED) is 0.883. The molecule has 2 aliphatic heterocycles. The van der Waals surface area contributed by atoms with Crippen molar-refractivity contribution in [2.45, 2.75) is 50.3 Å². The molecule has 1 atom stereocenters. The number of rotatable bonds is 5. The molecule has 0 spiro atoms. The van der Waals surface area contributed by atoms with Crippen molar-refractivity contribution in [2.75, 3.05) is 30.3 Å². The average Bonchev–Trinajstić information content (AvgIpc) is 2.96. The number of piperidine rings is 1. The number of nitrogens with one attached hydrogen (secondary N) is 1. The summed E-state index contributed by atoms with van der Waals surface area (Å²) < 4.78 is 0.466. The summed E-state index contributed by atoms with van der Waals surface area (Å²) in [6.07, 6.45) is 6.83. The highest BCUT2D eigenvalue weighted by Gasteiger charge is 2.28. The molecule has 0 saturated carbocycles. The fraction of sp³-hybridized carbons (Fsp3) is 0.667. The second-order valence-corrected chi connectivity index (χ2v) is 8.40. The lowest BCUT2D eigenvalue weighted by Gasteiger charge is -2.29. The molecule has 116 valence electrons. The van der Waals surface area contributed by atoms with E-state index in [1.807, 2.05) is 0 Å². The number of nitrogens with zero attached hydrogens (tertiary/aromatic N) is 1. The molecule has 3 heteroatoms. The van der Waals surface area contributed by atoms with Crippen molar-refractivity contribution < 1.29 is 0 Å². The molecule has 1 unspecified atom stereocenters. The van der Waals surface area contributed by atoms with Gasteiger partial charge in [-0.15, -0.1) is 0 Å². The first-order chi connectivity index (χ1) is 10.3. The van der Waals surface area contributed by atoms with Crippen LogP contribution >= 0.6 is 11.8 Å². The molecule has 3 rings (SSSR count). The van der Waals surface area contributed by atoms with Crippen LogP contribution in [0.5, 0.6) is 0 Å². The molecule has 2 saturated heterocycles. The van der Waals surface area contributed by atoms with E-state index < -0.39 is 0 Å². The van der Waals surface area contributed by atoms with Gasteiger partial charge < -0.3 is 10.2 Å². The zero-order chi connectivity index (χ0) is 14.5. The smallest absolute Gasteiger partial charge is 0.0366 e. The standard InChI is InChI=1S/C18H28N2S/c1-18(10-5-13-21-18)15-19-14-16-6-8-17(9-7-16)20-11-3-2-4-12-20/h6-9,19H,2-5,10-15H2,1H3. The van der Waals surface area contributed by atoms with Crippen molar-refractivity contribution in [1.82, 2.24) is 5.32 Å². The van der Waals surface area contributed by atoms with Gasteiger partial charge in [0.05, 0.1) is 0 Å². The fourth-order valence-electron chi connectivity index (χ4n) is 3.42. The van der Waals surface area contributed by atoms with Crippen LogP contribution in [-0.4, -0.2) is 30.1 Å². The van der Waals surface area contributed by atoms with Gasteiger partial charge in [-0.2, -0.15) is 11.8 Å². The maximum atomic E-state index is 3.65. The van der Waals surface area contributed by atoms with E-state index in [-0.39, 0.29) is 0 Å². The third kappa shape index (κ3) is 4.17. The van der Waals surface area contributed by atoms with E-state index >= 15 is 0 Å². The molecule has 2 heterocycles. The molecule has 2 nitrogen and oxygen atoms in total. The number of hydrogen-bond acceptors (Lipinski definition) is 3. The summed E-state index contributed by atoms with van der Waals surface area (Å²) in [7, 11) is 0. The van der Waals surface area contributed by atoms with Crippen molar-refractivity contribution in [1.29, 1.82) is 0 Å². The third-order valence-electron chi connectivity index (χ3n) is 4.79. The zero-order valence-corrected chi connectivity index (χ0v) is 14.1. The Hall–Kier alpha value is -0.670. The minimum atomic E-state index is 0.466. The number of benzene rings is 1. The molecule has 1 aromatic rings.